The fourth-order valence-electron chi connectivity index (χ4n) is 1.72. The van der Waals surface area contributed by atoms with Crippen LogP contribution in [0.25, 0.3) is 0 Å². The van der Waals surface area contributed by atoms with Crippen molar-refractivity contribution >= 4 is 49.0 Å². The number of hydrogen-bond acceptors (Lipinski definition) is 4. The van der Waals surface area contributed by atoms with E-state index < -0.39 is 0 Å². The topological polar surface area (TPSA) is 29.5 Å². The average molecular weight is 413 g/mol. The Morgan fingerprint density at radius 1 is 1.53 bits per heavy atom. The Morgan fingerprint density at radius 2 is 2.21 bits per heavy atom. The minimum atomic E-state index is 0.144. The van der Waals surface area contributed by atoms with Crippen LogP contribution in [-0.2, 0) is 4.74 Å². The minimum Gasteiger partial charge on any atom is -0.383 e. The second-order valence-electron chi connectivity index (χ2n) is 4.38. The van der Waals surface area contributed by atoms with Crippen LogP contribution in [0.5, 0.6) is 0 Å². The molecule has 0 radical (unpaired) electrons. The highest BCUT2D eigenvalue weighted by Crippen LogP contribution is 2.32. The molecule has 19 heavy (non-hydrogen) atoms. The van der Waals surface area contributed by atoms with Gasteiger partial charge in [-0.15, -0.1) is 11.3 Å². The van der Waals surface area contributed by atoms with Crippen molar-refractivity contribution in [1.82, 2.24) is 4.90 Å². The van der Waals surface area contributed by atoms with E-state index in [-0.39, 0.29) is 5.78 Å². The zero-order chi connectivity index (χ0) is 14.4. The lowest BCUT2D eigenvalue weighted by molar-refractivity contribution is 0.0834. The van der Waals surface area contributed by atoms with Gasteiger partial charge in [0.05, 0.1) is 20.7 Å². The molecule has 6 heteroatoms. The standard InChI is InChI=1S/C13H19Br2NO2S/c1-4-9(2)16(5-6-18-3)8-11(17)10-7-12(14)19-13(10)15/h7,9H,4-6,8H2,1-3H3. The Kier molecular flexibility index (Phi) is 7.76. The molecule has 1 heterocycles. The summed E-state index contributed by atoms with van der Waals surface area (Å²) in [5.41, 5.74) is 0.752. The van der Waals surface area contributed by atoms with Gasteiger partial charge in [0.25, 0.3) is 0 Å². The number of Topliss-reactive ketones (excluding diaryl/α,β-unsaturated/α-hetero) is 1. The average Bonchev–Trinajstić information content (AvgIpc) is 2.72. The van der Waals surface area contributed by atoms with Crippen LogP contribution < -0.4 is 0 Å². The van der Waals surface area contributed by atoms with Crippen molar-refractivity contribution in [1.29, 1.82) is 0 Å². The minimum absolute atomic E-state index is 0.144. The molecule has 0 saturated carbocycles. The number of ether oxygens (including phenoxy) is 1. The van der Waals surface area contributed by atoms with Crippen molar-refractivity contribution < 1.29 is 9.53 Å². The van der Waals surface area contributed by atoms with Crippen molar-refractivity contribution in [3.8, 4) is 0 Å². The largest absolute Gasteiger partial charge is 0.383 e. The van der Waals surface area contributed by atoms with Gasteiger partial charge >= 0.3 is 0 Å². The first-order chi connectivity index (χ1) is 8.99. The second-order valence-corrected chi connectivity index (χ2v) is 8.13. The monoisotopic (exact) mass is 411 g/mol. The molecule has 0 N–H and O–H groups in total. The highest BCUT2D eigenvalue weighted by atomic mass is 79.9. The molecular formula is C13H19Br2NO2S. The molecule has 0 fully saturated rings. The molecule has 1 rings (SSSR count). The van der Waals surface area contributed by atoms with E-state index >= 15 is 0 Å². The smallest absolute Gasteiger partial charge is 0.178 e. The van der Waals surface area contributed by atoms with E-state index in [1.54, 1.807) is 7.11 Å². The van der Waals surface area contributed by atoms with Crippen molar-refractivity contribution in [2.45, 2.75) is 26.3 Å². The summed E-state index contributed by atoms with van der Waals surface area (Å²) in [4.78, 5) is 14.5. The third-order valence-corrected chi connectivity index (χ3v) is 5.44. The van der Waals surface area contributed by atoms with Gasteiger partial charge in [-0.2, -0.15) is 0 Å². The zero-order valence-corrected chi connectivity index (χ0v) is 15.4. The Bertz CT molecular complexity index is 423. The molecule has 0 bridgehead atoms. The van der Waals surface area contributed by atoms with Crippen LogP contribution in [0.2, 0.25) is 0 Å². The fraction of sp³-hybridized carbons (Fsp3) is 0.615. The maximum atomic E-state index is 12.3. The van der Waals surface area contributed by atoms with Crippen molar-refractivity contribution in [3.63, 3.8) is 0 Å². The third-order valence-electron chi connectivity index (χ3n) is 3.10. The zero-order valence-electron chi connectivity index (χ0n) is 11.4. The quantitative estimate of drug-likeness (QED) is 0.599. The number of carbonyl (C=O) groups excluding carboxylic acids is 1. The maximum absolute atomic E-state index is 12.3. The number of rotatable bonds is 8. The molecule has 3 nitrogen and oxygen atoms in total. The van der Waals surface area contributed by atoms with Crippen LogP contribution in [0.1, 0.15) is 30.6 Å². The van der Waals surface area contributed by atoms with Gasteiger partial charge in [-0.05, 0) is 51.3 Å². The molecule has 0 amide bonds. The molecule has 0 aromatic carbocycles. The second kappa shape index (κ2) is 8.52. The lowest BCUT2D eigenvalue weighted by Crippen LogP contribution is -2.39. The van der Waals surface area contributed by atoms with E-state index in [0.717, 1.165) is 26.1 Å². The number of halogens is 2. The summed E-state index contributed by atoms with van der Waals surface area (Å²) in [6.45, 7) is 6.12. The van der Waals surface area contributed by atoms with Crippen LogP contribution in [0.4, 0.5) is 0 Å². The van der Waals surface area contributed by atoms with Gasteiger partial charge in [0, 0.05) is 25.3 Å². The molecule has 1 aromatic rings. The van der Waals surface area contributed by atoms with Crippen LogP contribution in [-0.4, -0.2) is 43.5 Å². The molecule has 1 atom stereocenters. The predicted octanol–water partition coefficient (Wildman–Crippen LogP) is 4.20. The molecule has 108 valence electrons. The molecular weight excluding hydrogens is 394 g/mol. The van der Waals surface area contributed by atoms with Gasteiger partial charge in [0.2, 0.25) is 0 Å². The Balaban J connectivity index is 2.72. The van der Waals surface area contributed by atoms with Crippen LogP contribution >= 0.6 is 43.2 Å². The third kappa shape index (κ3) is 5.27. The van der Waals surface area contributed by atoms with Gasteiger partial charge in [0.15, 0.2) is 5.78 Å². The lowest BCUT2D eigenvalue weighted by atomic mass is 10.1. The Hall–Kier alpha value is 0.250. The van der Waals surface area contributed by atoms with E-state index in [1.165, 1.54) is 11.3 Å². The molecule has 0 aliphatic heterocycles. The summed E-state index contributed by atoms with van der Waals surface area (Å²) in [6.07, 6.45) is 1.02. The van der Waals surface area contributed by atoms with E-state index in [4.69, 9.17) is 4.74 Å². The highest BCUT2D eigenvalue weighted by Gasteiger charge is 2.19. The molecule has 0 spiro atoms. The van der Waals surface area contributed by atoms with Crippen molar-refractivity contribution in [3.05, 3.63) is 19.2 Å². The summed E-state index contributed by atoms with van der Waals surface area (Å²) < 4.78 is 6.97. The first kappa shape index (κ1) is 17.3. The van der Waals surface area contributed by atoms with E-state index in [1.807, 2.05) is 6.07 Å². The van der Waals surface area contributed by atoms with Gasteiger partial charge in [-0.25, -0.2) is 0 Å². The molecule has 0 aliphatic rings. The van der Waals surface area contributed by atoms with Crippen LogP contribution in [0, 0.1) is 0 Å². The van der Waals surface area contributed by atoms with Gasteiger partial charge < -0.3 is 4.74 Å². The maximum Gasteiger partial charge on any atom is 0.178 e. The van der Waals surface area contributed by atoms with Gasteiger partial charge in [-0.3, -0.25) is 9.69 Å². The van der Waals surface area contributed by atoms with Crippen molar-refractivity contribution in [2.24, 2.45) is 0 Å². The highest BCUT2D eigenvalue weighted by molar-refractivity contribution is 9.12. The normalized spacial score (nSPS) is 12.9. The molecule has 1 aromatic heterocycles. The molecule has 1 unspecified atom stereocenters. The number of nitrogens with zero attached hydrogens (tertiary/aromatic N) is 1. The molecule has 0 saturated heterocycles. The number of methoxy groups -OCH3 is 1. The van der Waals surface area contributed by atoms with E-state index in [2.05, 4.69) is 50.6 Å². The van der Waals surface area contributed by atoms with E-state index in [0.29, 0.717) is 19.2 Å². The van der Waals surface area contributed by atoms with Crippen LogP contribution in [0.3, 0.4) is 0 Å². The summed E-state index contributed by atoms with van der Waals surface area (Å²) in [6, 6.07) is 2.25. The number of carbonyl (C=O) groups is 1. The van der Waals surface area contributed by atoms with Gasteiger partial charge in [-0.1, -0.05) is 6.92 Å². The first-order valence-electron chi connectivity index (χ1n) is 6.20. The summed E-state index contributed by atoms with van der Waals surface area (Å²) in [5, 5.41) is 0. The fourth-order valence-corrected chi connectivity index (χ4v) is 4.58. The molecule has 0 aliphatic carbocycles. The van der Waals surface area contributed by atoms with Crippen molar-refractivity contribution in [2.75, 3.05) is 26.8 Å². The van der Waals surface area contributed by atoms with Gasteiger partial charge in [0.1, 0.15) is 0 Å². The first-order valence-corrected chi connectivity index (χ1v) is 8.60. The van der Waals surface area contributed by atoms with Crippen LogP contribution in [0.15, 0.2) is 13.6 Å². The number of hydrogen-bond donors (Lipinski definition) is 0. The summed E-state index contributed by atoms with van der Waals surface area (Å²) in [5.74, 6) is 0.144. The Morgan fingerprint density at radius 3 is 2.68 bits per heavy atom. The number of thiophene rings is 1. The summed E-state index contributed by atoms with van der Waals surface area (Å²) in [7, 11) is 1.68. The summed E-state index contributed by atoms with van der Waals surface area (Å²) >= 11 is 8.37. The number of ketones is 1. The predicted molar refractivity (Wildman–Crippen MR) is 87.3 cm³/mol. The van der Waals surface area contributed by atoms with E-state index in [9.17, 15) is 4.79 Å². The Labute approximate surface area is 135 Å². The SMILES string of the molecule is CCC(C)N(CCOC)CC(=O)c1cc(Br)sc1Br. The lowest BCUT2D eigenvalue weighted by Gasteiger charge is -2.27.